The summed E-state index contributed by atoms with van der Waals surface area (Å²) in [6.45, 7) is 9.76. The molecule has 0 fully saturated rings. The average molecular weight is 645 g/mol. The van der Waals surface area contributed by atoms with E-state index in [2.05, 4.69) is 182 Å². The van der Waals surface area contributed by atoms with Gasteiger partial charge in [-0.1, -0.05) is 131 Å². The van der Waals surface area contributed by atoms with Gasteiger partial charge in [0.05, 0.1) is 22.1 Å². The molecule has 0 unspecified atom stereocenters. The van der Waals surface area contributed by atoms with Gasteiger partial charge in [-0.2, -0.15) is 0 Å². The van der Waals surface area contributed by atoms with E-state index in [-0.39, 0.29) is 10.8 Å². The van der Waals surface area contributed by atoms with Crippen LogP contribution >= 0.6 is 0 Å². The van der Waals surface area contributed by atoms with Crippen molar-refractivity contribution in [3.8, 4) is 22.5 Å². The van der Waals surface area contributed by atoms with Crippen LogP contribution in [0.4, 0.5) is 0 Å². The van der Waals surface area contributed by atoms with E-state index in [9.17, 15) is 0 Å². The van der Waals surface area contributed by atoms with Crippen molar-refractivity contribution in [3.63, 3.8) is 0 Å². The summed E-state index contributed by atoms with van der Waals surface area (Å²) in [6.07, 6.45) is 2.37. The van der Waals surface area contributed by atoms with Crippen molar-refractivity contribution in [2.75, 3.05) is 0 Å². The van der Waals surface area contributed by atoms with E-state index >= 15 is 0 Å². The molecule has 0 saturated carbocycles. The summed E-state index contributed by atoms with van der Waals surface area (Å²) >= 11 is 0. The molecule has 50 heavy (non-hydrogen) atoms. The van der Waals surface area contributed by atoms with Gasteiger partial charge in [0.2, 0.25) is 0 Å². The number of para-hydroxylation sites is 2. The highest BCUT2D eigenvalue weighted by atomic mass is 15.0. The zero-order chi connectivity index (χ0) is 33.8. The Kier molecular flexibility index (Phi) is 6.13. The predicted octanol–water partition coefficient (Wildman–Crippen LogP) is 13.0. The molecule has 0 radical (unpaired) electrons. The van der Waals surface area contributed by atoms with Gasteiger partial charge in [0.15, 0.2) is 0 Å². The number of benzene rings is 7. The molecule has 2 heterocycles. The Bertz CT molecular complexity index is 2780. The highest BCUT2D eigenvalue weighted by Crippen LogP contribution is 2.51. The summed E-state index contributed by atoms with van der Waals surface area (Å²) in [5, 5.41) is 7.86. The fraction of sp³-hybridized carbons (Fsp3) is 0.167. The minimum atomic E-state index is 0.0911. The Morgan fingerprint density at radius 1 is 0.400 bits per heavy atom. The van der Waals surface area contributed by atoms with Gasteiger partial charge in [0.1, 0.15) is 0 Å². The second-order valence-corrected chi connectivity index (χ2v) is 15.6. The maximum atomic E-state index is 2.59. The first-order valence-electron chi connectivity index (χ1n) is 18.0. The first-order valence-corrected chi connectivity index (χ1v) is 18.0. The molecule has 0 N–H and O–H groups in total. The summed E-state index contributed by atoms with van der Waals surface area (Å²) in [4.78, 5) is 0. The summed E-state index contributed by atoms with van der Waals surface area (Å²) in [5.41, 5.74) is 13.0. The lowest BCUT2D eigenvalue weighted by Gasteiger charge is -2.42. The molecule has 2 aromatic heterocycles. The second-order valence-electron chi connectivity index (χ2n) is 15.6. The largest absolute Gasteiger partial charge is 0.307 e. The van der Waals surface area contributed by atoms with Crippen molar-refractivity contribution in [3.05, 3.63) is 157 Å². The fourth-order valence-corrected chi connectivity index (χ4v) is 9.05. The molecule has 2 nitrogen and oxygen atoms in total. The molecule has 1 aliphatic rings. The van der Waals surface area contributed by atoms with E-state index in [1.165, 1.54) is 101 Å². The second kappa shape index (κ2) is 10.5. The van der Waals surface area contributed by atoms with Crippen molar-refractivity contribution < 1.29 is 0 Å². The first-order chi connectivity index (χ1) is 24.3. The van der Waals surface area contributed by atoms with Gasteiger partial charge in [-0.05, 0) is 99.2 Å². The SMILES string of the molecule is CC1(C)CCC(C)(C)c2cc3c(cc21)c1c2ccccc2c2c4ccccc4n(-c4ccccc4)c2c1n3-c1ccc(-c2ccccc2)cc1. The van der Waals surface area contributed by atoms with Gasteiger partial charge in [-0.3, -0.25) is 0 Å². The number of aromatic nitrogens is 2. The number of nitrogens with zero attached hydrogens (tertiary/aromatic N) is 2. The van der Waals surface area contributed by atoms with E-state index in [0.717, 1.165) is 0 Å². The normalized spacial score (nSPS) is 15.4. The third kappa shape index (κ3) is 4.08. The monoisotopic (exact) mass is 644 g/mol. The topological polar surface area (TPSA) is 9.86 Å². The van der Waals surface area contributed by atoms with Crippen molar-refractivity contribution in [2.45, 2.75) is 51.4 Å². The molecule has 242 valence electrons. The molecule has 0 aliphatic heterocycles. The Morgan fingerprint density at radius 2 is 0.860 bits per heavy atom. The molecular formula is C48H40N2. The number of fused-ring (bicyclic) bond motifs is 11. The minimum absolute atomic E-state index is 0.0911. The van der Waals surface area contributed by atoms with Crippen LogP contribution in [-0.2, 0) is 10.8 Å². The predicted molar refractivity (Wildman–Crippen MR) is 213 cm³/mol. The maximum absolute atomic E-state index is 2.59. The number of hydrogen-bond donors (Lipinski definition) is 0. The van der Waals surface area contributed by atoms with Crippen LogP contribution in [0.5, 0.6) is 0 Å². The van der Waals surface area contributed by atoms with E-state index in [4.69, 9.17) is 0 Å². The highest BCUT2D eigenvalue weighted by Gasteiger charge is 2.38. The molecule has 10 rings (SSSR count). The molecule has 7 aromatic carbocycles. The number of rotatable bonds is 3. The Morgan fingerprint density at radius 3 is 1.50 bits per heavy atom. The quantitative estimate of drug-likeness (QED) is 0.181. The van der Waals surface area contributed by atoms with Gasteiger partial charge in [0, 0.05) is 32.9 Å². The standard InChI is InChI=1S/C48H40N2/c1-47(2)27-28-48(3,4)40-30-42-38(29-39(40)47)44-36-20-12-11-19-35(36)43-37-21-13-14-22-41(37)49(33-17-9-6-10-18-33)45(43)46(44)50(42)34-25-23-32(24-26-34)31-15-7-5-8-16-31/h5-26,29-30H,27-28H2,1-4H3. The van der Waals surface area contributed by atoms with Crippen LogP contribution in [0, 0.1) is 0 Å². The van der Waals surface area contributed by atoms with Crippen molar-refractivity contribution in [1.29, 1.82) is 0 Å². The van der Waals surface area contributed by atoms with E-state index in [0.29, 0.717) is 0 Å². The molecule has 0 bridgehead atoms. The molecule has 0 amide bonds. The van der Waals surface area contributed by atoms with Gasteiger partial charge < -0.3 is 9.13 Å². The highest BCUT2D eigenvalue weighted by molar-refractivity contribution is 6.36. The smallest absolute Gasteiger partial charge is 0.0795 e. The lowest BCUT2D eigenvalue weighted by molar-refractivity contribution is 0.332. The van der Waals surface area contributed by atoms with Crippen molar-refractivity contribution in [1.82, 2.24) is 9.13 Å². The summed E-state index contributed by atoms with van der Waals surface area (Å²) in [6, 6.07) is 54.1. The van der Waals surface area contributed by atoms with Crippen LogP contribution in [-0.4, -0.2) is 9.13 Å². The van der Waals surface area contributed by atoms with Crippen molar-refractivity contribution >= 4 is 54.4 Å². The maximum Gasteiger partial charge on any atom is 0.0795 e. The Balaban J connectivity index is 1.46. The van der Waals surface area contributed by atoms with Crippen LogP contribution in [0.2, 0.25) is 0 Å². The summed E-state index contributed by atoms with van der Waals surface area (Å²) in [7, 11) is 0. The van der Waals surface area contributed by atoms with Gasteiger partial charge in [-0.15, -0.1) is 0 Å². The average Bonchev–Trinajstić information content (AvgIpc) is 3.68. The lowest BCUT2D eigenvalue weighted by Crippen LogP contribution is -2.33. The summed E-state index contributed by atoms with van der Waals surface area (Å²) in [5.74, 6) is 0. The zero-order valence-electron chi connectivity index (χ0n) is 29.2. The van der Waals surface area contributed by atoms with Gasteiger partial charge in [-0.25, -0.2) is 0 Å². The number of hydrogen-bond acceptors (Lipinski definition) is 0. The van der Waals surface area contributed by atoms with Gasteiger partial charge >= 0.3 is 0 Å². The first kappa shape index (κ1) is 29.3. The Labute approximate surface area is 293 Å². The van der Waals surface area contributed by atoms with Crippen LogP contribution in [0.25, 0.3) is 76.9 Å². The van der Waals surface area contributed by atoms with Crippen LogP contribution in [0.15, 0.2) is 146 Å². The molecule has 9 aromatic rings. The van der Waals surface area contributed by atoms with Crippen LogP contribution in [0.1, 0.15) is 51.7 Å². The molecule has 2 heteroatoms. The molecule has 1 aliphatic carbocycles. The molecule has 0 saturated heterocycles. The molecule has 0 spiro atoms. The van der Waals surface area contributed by atoms with E-state index in [1.54, 1.807) is 0 Å². The lowest BCUT2D eigenvalue weighted by atomic mass is 9.63. The Hall–Kier alpha value is -5.60. The molecular weight excluding hydrogens is 605 g/mol. The third-order valence-electron chi connectivity index (χ3n) is 11.8. The third-order valence-corrected chi connectivity index (χ3v) is 11.8. The van der Waals surface area contributed by atoms with Crippen LogP contribution in [0.3, 0.4) is 0 Å². The van der Waals surface area contributed by atoms with E-state index < -0.39 is 0 Å². The summed E-state index contributed by atoms with van der Waals surface area (Å²) < 4.78 is 5.10. The van der Waals surface area contributed by atoms with E-state index in [1.807, 2.05) is 0 Å². The van der Waals surface area contributed by atoms with Gasteiger partial charge in [0.25, 0.3) is 0 Å². The molecule has 0 atom stereocenters. The minimum Gasteiger partial charge on any atom is -0.307 e. The fourth-order valence-electron chi connectivity index (χ4n) is 9.05. The zero-order valence-corrected chi connectivity index (χ0v) is 29.2. The van der Waals surface area contributed by atoms with Crippen LogP contribution < -0.4 is 0 Å². The van der Waals surface area contributed by atoms with Crippen molar-refractivity contribution in [2.24, 2.45) is 0 Å².